The molecule has 25 heavy (non-hydrogen) atoms. The number of ether oxygens (including phenoxy) is 1. The zero-order valence-electron chi connectivity index (χ0n) is 14.2. The van der Waals surface area contributed by atoms with Crippen LogP contribution >= 0.6 is 11.6 Å². The summed E-state index contributed by atoms with van der Waals surface area (Å²) in [4.78, 5) is 15.0. The van der Waals surface area contributed by atoms with Gasteiger partial charge in [0.05, 0.1) is 12.6 Å². The molecule has 1 saturated heterocycles. The van der Waals surface area contributed by atoms with Gasteiger partial charge in [-0.05, 0) is 31.9 Å². The molecule has 1 aliphatic heterocycles. The Morgan fingerprint density at radius 1 is 1.48 bits per heavy atom. The van der Waals surface area contributed by atoms with Gasteiger partial charge in [-0.2, -0.15) is 0 Å². The molecular formula is C18H21ClN2O4. The molecule has 134 valence electrons. The van der Waals surface area contributed by atoms with Gasteiger partial charge in [-0.25, -0.2) is 0 Å². The van der Waals surface area contributed by atoms with Crippen molar-refractivity contribution >= 4 is 17.5 Å². The normalized spacial score (nSPS) is 18.6. The summed E-state index contributed by atoms with van der Waals surface area (Å²) >= 11 is 5.94. The molecule has 0 aliphatic carbocycles. The fraction of sp³-hybridized carbons (Fsp3) is 0.444. The van der Waals surface area contributed by atoms with Gasteiger partial charge in [0.15, 0.2) is 5.76 Å². The first kappa shape index (κ1) is 17.9. The SMILES string of the molecule is COCC1CCCN1C(=O)c1c(-c2ccc(Cl)cc2)noc1C(C)O. The van der Waals surface area contributed by atoms with Crippen LogP contribution in [0.25, 0.3) is 11.3 Å². The first-order chi connectivity index (χ1) is 12.0. The second kappa shape index (κ2) is 7.56. The van der Waals surface area contributed by atoms with Crippen molar-refractivity contribution in [3.8, 4) is 11.3 Å². The highest BCUT2D eigenvalue weighted by atomic mass is 35.5. The van der Waals surface area contributed by atoms with E-state index in [1.54, 1.807) is 43.2 Å². The quantitative estimate of drug-likeness (QED) is 0.880. The number of carbonyl (C=O) groups is 1. The monoisotopic (exact) mass is 364 g/mol. The van der Waals surface area contributed by atoms with Gasteiger partial charge in [0.2, 0.25) is 0 Å². The summed E-state index contributed by atoms with van der Waals surface area (Å²) in [7, 11) is 1.63. The highest BCUT2D eigenvalue weighted by Crippen LogP contribution is 2.32. The van der Waals surface area contributed by atoms with E-state index in [2.05, 4.69) is 5.16 Å². The second-order valence-electron chi connectivity index (χ2n) is 6.20. The van der Waals surface area contributed by atoms with E-state index in [1.807, 2.05) is 0 Å². The highest BCUT2D eigenvalue weighted by molar-refractivity contribution is 6.30. The number of benzene rings is 1. The average molecular weight is 365 g/mol. The summed E-state index contributed by atoms with van der Waals surface area (Å²) in [5, 5.41) is 14.7. The number of methoxy groups -OCH3 is 1. The van der Waals surface area contributed by atoms with Crippen molar-refractivity contribution in [1.29, 1.82) is 0 Å². The summed E-state index contributed by atoms with van der Waals surface area (Å²) in [6.45, 7) is 2.69. The topological polar surface area (TPSA) is 75.8 Å². The lowest BCUT2D eigenvalue weighted by atomic mass is 10.0. The van der Waals surface area contributed by atoms with Crippen LogP contribution in [-0.4, -0.2) is 47.4 Å². The molecule has 1 aromatic heterocycles. The van der Waals surface area contributed by atoms with E-state index in [1.165, 1.54) is 0 Å². The van der Waals surface area contributed by atoms with Crippen molar-refractivity contribution in [3.63, 3.8) is 0 Å². The fourth-order valence-electron chi connectivity index (χ4n) is 3.21. The number of aliphatic hydroxyl groups excluding tert-OH is 1. The van der Waals surface area contributed by atoms with Crippen LogP contribution in [0.1, 0.15) is 42.0 Å². The van der Waals surface area contributed by atoms with Gasteiger partial charge in [0.1, 0.15) is 17.4 Å². The lowest BCUT2D eigenvalue weighted by Crippen LogP contribution is -2.38. The first-order valence-electron chi connectivity index (χ1n) is 8.26. The van der Waals surface area contributed by atoms with E-state index in [-0.39, 0.29) is 17.7 Å². The van der Waals surface area contributed by atoms with Crippen LogP contribution in [-0.2, 0) is 4.74 Å². The molecule has 2 atom stereocenters. The van der Waals surface area contributed by atoms with E-state index in [9.17, 15) is 9.90 Å². The Morgan fingerprint density at radius 2 is 2.20 bits per heavy atom. The fourth-order valence-corrected chi connectivity index (χ4v) is 3.34. The third-order valence-corrected chi connectivity index (χ3v) is 4.68. The molecule has 1 amide bonds. The summed E-state index contributed by atoms with van der Waals surface area (Å²) in [5.41, 5.74) is 1.44. The molecule has 2 heterocycles. The number of likely N-dealkylation sites (tertiary alicyclic amines) is 1. The van der Waals surface area contributed by atoms with Crippen LogP contribution < -0.4 is 0 Å². The maximum atomic E-state index is 13.2. The number of carbonyl (C=O) groups excluding carboxylic acids is 1. The molecule has 1 aliphatic rings. The van der Waals surface area contributed by atoms with E-state index in [4.69, 9.17) is 20.9 Å². The molecule has 1 fully saturated rings. The van der Waals surface area contributed by atoms with Gasteiger partial charge >= 0.3 is 0 Å². The van der Waals surface area contributed by atoms with Gasteiger partial charge in [0, 0.05) is 24.2 Å². The van der Waals surface area contributed by atoms with Crippen molar-refractivity contribution in [2.45, 2.75) is 31.9 Å². The smallest absolute Gasteiger partial charge is 0.260 e. The van der Waals surface area contributed by atoms with Crippen molar-refractivity contribution in [2.24, 2.45) is 0 Å². The number of amides is 1. The molecule has 0 radical (unpaired) electrons. The number of hydrogen-bond acceptors (Lipinski definition) is 5. The van der Waals surface area contributed by atoms with E-state index >= 15 is 0 Å². The van der Waals surface area contributed by atoms with Crippen molar-refractivity contribution in [1.82, 2.24) is 10.1 Å². The highest BCUT2D eigenvalue weighted by Gasteiger charge is 2.35. The van der Waals surface area contributed by atoms with Crippen molar-refractivity contribution in [3.05, 3.63) is 40.6 Å². The number of hydrogen-bond donors (Lipinski definition) is 1. The minimum Gasteiger partial charge on any atom is -0.385 e. The van der Waals surface area contributed by atoms with Gasteiger partial charge in [0.25, 0.3) is 5.91 Å². The maximum Gasteiger partial charge on any atom is 0.260 e. The molecule has 0 saturated carbocycles. The average Bonchev–Trinajstić information content (AvgIpc) is 3.22. The molecule has 7 heteroatoms. The largest absolute Gasteiger partial charge is 0.385 e. The van der Waals surface area contributed by atoms with Crippen LogP contribution in [0.15, 0.2) is 28.8 Å². The van der Waals surface area contributed by atoms with E-state index < -0.39 is 6.10 Å². The Bertz CT molecular complexity index is 742. The molecule has 0 spiro atoms. The third-order valence-electron chi connectivity index (χ3n) is 4.43. The Morgan fingerprint density at radius 3 is 2.84 bits per heavy atom. The molecule has 1 N–H and O–H groups in total. The number of halogens is 1. The van der Waals surface area contributed by atoms with Gasteiger partial charge < -0.3 is 19.3 Å². The predicted octanol–water partition coefficient (Wildman–Crippen LogP) is 3.30. The lowest BCUT2D eigenvalue weighted by Gasteiger charge is -2.24. The van der Waals surface area contributed by atoms with Gasteiger partial charge in [-0.1, -0.05) is 28.9 Å². The van der Waals surface area contributed by atoms with Crippen molar-refractivity contribution in [2.75, 3.05) is 20.3 Å². The number of rotatable bonds is 5. The summed E-state index contributed by atoms with van der Waals surface area (Å²) < 4.78 is 10.5. The molecule has 3 rings (SSSR count). The minimum absolute atomic E-state index is 0.0207. The number of aliphatic hydroxyl groups is 1. The van der Waals surface area contributed by atoms with Crippen molar-refractivity contribution < 1.29 is 19.2 Å². The van der Waals surface area contributed by atoms with E-state index in [0.717, 1.165) is 12.8 Å². The predicted molar refractivity (Wildman–Crippen MR) is 93.5 cm³/mol. The number of nitrogens with zero attached hydrogens (tertiary/aromatic N) is 2. The molecule has 2 unspecified atom stereocenters. The lowest BCUT2D eigenvalue weighted by molar-refractivity contribution is 0.0621. The first-order valence-corrected chi connectivity index (χ1v) is 8.64. The Balaban J connectivity index is 2.02. The number of aromatic nitrogens is 1. The van der Waals surface area contributed by atoms with Gasteiger partial charge in [-0.15, -0.1) is 0 Å². The zero-order chi connectivity index (χ0) is 18.0. The standard InChI is InChI=1S/C18H21ClN2O4/c1-11(22)17-15(18(23)21-9-3-4-14(21)10-24-2)16(20-25-17)12-5-7-13(19)8-6-12/h5-8,11,14,22H,3-4,9-10H2,1-2H3. The molecular weight excluding hydrogens is 344 g/mol. The Kier molecular flexibility index (Phi) is 5.42. The summed E-state index contributed by atoms with van der Waals surface area (Å²) in [5.74, 6) is -0.0142. The molecule has 6 nitrogen and oxygen atoms in total. The Hall–Kier alpha value is -1.89. The van der Waals surface area contributed by atoms with Crippen LogP contribution in [0.5, 0.6) is 0 Å². The maximum absolute atomic E-state index is 13.2. The third kappa shape index (κ3) is 3.56. The van der Waals surface area contributed by atoms with Crippen LogP contribution in [0, 0.1) is 0 Å². The van der Waals surface area contributed by atoms with Crippen LogP contribution in [0.3, 0.4) is 0 Å². The second-order valence-corrected chi connectivity index (χ2v) is 6.64. The van der Waals surface area contributed by atoms with Crippen LogP contribution in [0.4, 0.5) is 0 Å². The molecule has 1 aromatic carbocycles. The zero-order valence-corrected chi connectivity index (χ0v) is 15.0. The summed E-state index contributed by atoms with van der Waals surface area (Å²) in [6, 6.07) is 7.03. The molecule has 2 aromatic rings. The van der Waals surface area contributed by atoms with Gasteiger partial charge in [-0.3, -0.25) is 4.79 Å². The van der Waals surface area contributed by atoms with E-state index in [0.29, 0.717) is 35.0 Å². The molecule has 0 bridgehead atoms. The minimum atomic E-state index is -0.934. The Labute approximate surface area is 151 Å². The van der Waals surface area contributed by atoms with Crippen LogP contribution in [0.2, 0.25) is 5.02 Å². The summed E-state index contributed by atoms with van der Waals surface area (Å²) in [6.07, 6.45) is 0.882.